The van der Waals surface area contributed by atoms with Crippen LogP contribution in [0.15, 0.2) is 0 Å². The van der Waals surface area contributed by atoms with Crippen LogP contribution in [0, 0.1) is 5.92 Å². The Labute approximate surface area is 156 Å². The molecule has 5 nitrogen and oxygen atoms in total. The molecule has 150 valence electrons. The minimum Gasteiger partial charge on any atom is -0.444 e. The fraction of sp³-hybridized carbons (Fsp3) is 0.947. The second-order valence-electron chi connectivity index (χ2n) is 9.89. The van der Waals surface area contributed by atoms with Crippen molar-refractivity contribution in [3.05, 3.63) is 0 Å². The molecule has 0 aliphatic rings. The molecule has 2 N–H and O–H groups in total. The maximum Gasteiger partial charge on any atom is 0.408 e. The van der Waals surface area contributed by atoms with Crippen molar-refractivity contribution in [3.63, 3.8) is 0 Å². The number of alkyl carbamates (subject to hydrolysis) is 1. The van der Waals surface area contributed by atoms with Gasteiger partial charge in [0.15, 0.2) is 8.32 Å². The molecule has 0 saturated carbocycles. The van der Waals surface area contributed by atoms with Crippen molar-refractivity contribution in [3.8, 4) is 0 Å². The molecule has 0 aromatic carbocycles. The van der Waals surface area contributed by atoms with Crippen LogP contribution in [0.5, 0.6) is 0 Å². The molecular formula is C19H42N2O3Si. The molecule has 0 aliphatic heterocycles. The minimum absolute atomic E-state index is 0.0897. The van der Waals surface area contributed by atoms with Gasteiger partial charge in [-0.15, -0.1) is 0 Å². The predicted octanol–water partition coefficient (Wildman–Crippen LogP) is 4.54. The number of carbonyl (C=O) groups excluding carboxylic acids is 1. The lowest BCUT2D eigenvalue weighted by Gasteiger charge is -2.40. The molecule has 6 heteroatoms. The Balaban J connectivity index is 5.00. The summed E-state index contributed by atoms with van der Waals surface area (Å²) in [5.74, 6) is 0.554. The van der Waals surface area contributed by atoms with Gasteiger partial charge in [-0.1, -0.05) is 34.6 Å². The van der Waals surface area contributed by atoms with E-state index in [2.05, 4.69) is 58.3 Å². The molecule has 0 saturated heterocycles. The van der Waals surface area contributed by atoms with Crippen molar-refractivity contribution in [2.75, 3.05) is 13.1 Å². The summed E-state index contributed by atoms with van der Waals surface area (Å²) in [5.41, 5.74) is -0.510. The lowest BCUT2D eigenvalue weighted by molar-refractivity contribution is 0.0445. The number of ether oxygens (including phenoxy) is 1. The van der Waals surface area contributed by atoms with E-state index in [1.54, 1.807) is 0 Å². The van der Waals surface area contributed by atoms with E-state index >= 15 is 0 Å². The predicted molar refractivity (Wildman–Crippen MR) is 109 cm³/mol. The van der Waals surface area contributed by atoms with E-state index in [0.717, 1.165) is 6.54 Å². The van der Waals surface area contributed by atoms with Gasteiger partial charge < -0.3 is 19.8 Å². The molecule has 0 radical (unpaired) electrons. The van der Waals surface area contributed by atoms with Crippen LogP contribution in [0.2, 0.25) is 18.1 Å². The molecule has 0 aromatic rings. The molecule has 0 spiro atoms. The van der Waals surface area contributed by atoms with Gasteiger partial charge in [0.1, 0.15) is 5.60 Å². The van der Waals surface area contributed by atoms with Crippen LogP contribution in [0.3, 0.4) is 0 Å². The fourth-order valence-electron chi connectivity index (χ4n) is 2.04. The Bertz CT molecular complexity index is 412. The lowest BCUT2D eigenvalue weighted by atomic mass is 10.1. The highest BCUT2D eigenvalue weighted by Crippen LogP contribution is 2.37. The Morgan fingerprint density at radius 3 is 1.92 bits per heavy atom. The van der Waals surface area contributed by atoms with Gasteiger partial charge in [0.05, 0.1) is 12.1 Å². The molecule has 0 heterocycles. The van der Waals surface area contributed by atoms with Crippen molar-refractivity contribution in [1.29, 1.82) is 0 Å². The smallest absolute Gasteiger partial charge is 0.408 e. The van der Waals surface area contributed by atoms with Crippen molar-refractivity contribution in [2.45, 2.75) is 98.2 Å². The number of carbonyl (C=O) groups is 1. The van der Waals surface area contributed by atoms with Crippen LogP contribution in [-0.2, 0) is 9.16 Å². The quantitative estimate of drug-likeness (QED) is 0.613. The van der Waals surface area contributed by atoms with Crippen LogP contribution in [0.4, 0.5) is 4.79 Å². The van der Waals surface area contributed by atoms with Crippen LogP contribution in [0.1, 0.15) is 62.3 Å². The molecule has 2 atom stereocenters. The van der Waals surface area contributed by atoms with Gasteiger partial charge in [0.2, 0.25) is 0 Å². The summed E-state index contributed by atoms with van der Waals surface area (Å²) in [6.45, 7) is 24.7. The van der Waals surface area contributed by atoms with Crippen LogP contribution in [0.25, 0.3) is 0 Å². The number of hydrogen-bond donors (Lipinski definition) is 2. The summed E-state index contributed by atoms with van der Waals surface area (Å²) in [7, 11) is -1.91. The van der Waals surface area contributed by atoms with Crippen molar-refractivity contribution in [1.82, 2.24) is 10.6 Å². The molecular weight excluding hydrogens is 332 g/mol. The Kier molecular flexibility index (Phi) is 9.15. The van der Waals surface area contributed by atoms with Gasteiger partial charge in [-0.05, 0) is 58.3 Å². The number of hydrogen-bond acceptors (Lipinski definition) is 4. The highest BCUT2D eigenvalue weighted by atomic mass is 28.4. The number of amides is 1. The normalized spacial score (nSPS) is 15.8. The summed E-state index contributed by atoms with van der Waals surface area (Å²) in [6.07, 6.45) is -0.484. The van der Waals surface area contributed by atoms with Gasteiger partial charge in [0, 0.05) is 6.54 Å². The highest BCUT2D eigenvalue weighted by molar-refractivity contribution is 6.74. The molecule has 0 bridgehead atoms. The Hall–Kier alpha value is -0.593. The summed E-state index contributed by atoms with van der Waals surface area (Å²) in [4.78, 5) is 12.2. The minimum atomic E-state index is -1.91. The molecule has 0 aliphatic carbocycles. The first-order chi connectivity index (χ1) is 11.0. The van der Waals surface area contributed by atoms with Gasteiger partial charge in [-0.25, -0.2) is 4.79 Å². The van der Waals surface area contributed by atoms with Gasteiger partial charge in [0.25, 0.3) is 0 Å². The maximum absolute atomic E-state index is 12.2. The zero-order chi connectivity index (χ0) is 20.1. The van der Waals surface area contributed by atoms with E-state index in [-0.39, 0.29) is 17.2 Å². The SMILES string of the molecule is CC(C)CNC[C@@H](NC(=O)OC(C)(C)C)[C@H](C)O[Si](C)(C)C(C)(C)C. The monoisotopic (exact) mass is 374 g/mol. The average Bonchev–Trinajstić information content (AvgIpc) is 2.32. The second kappa shape index (κ2) is 9.37. The van der Waals surface area contributed by atoms with Crippen LogP contribution >= 0.6 is 0 Å². The third kappa shape index (κ3) is 10.2. The fourth-order valence-corrected chi connectivity index (χ4v) is 3.49. The molecule has 25 heavy (non-hydrogen) atoms. The summed E-state index contributed by atoms with van der Waals surface area (Å²) >= 11 is 0. The highest BCUT2D eigenvalue weighted by Gasteiger charge is 2.40. The van der Waals surface area contributed by atoms with Gasteiger partial charge >= 0.3 is 6.09 Å². The topological polar surface area (TPSA) is 59.6 Å². The first kappa shape index (κ1) is 24.4. The van der Waals surface area contributed by atoms with Crippen molar-refractivity contribution < 1.29 is 14.0 Å². The molecule has 0 rings (SSSR count). The standard InChI is InChI=1S/C19H42N2O3Si/c1-14(2)12-20-13-16(21-17(22)23-18(4,5)6)15(3)24-25(10,11)19(7,8)9/h14-16,20H,12-13H2,1-11H3,(H,21,22)/t15-,16+/m0/s1. The summed E-state index contributed by atoms with van der Waals surface area (Å²) in [5, 5.41) is 6.55. The second-order valence-corrected chi connectivity index (χ2v) is 14.6. The first-order valence-corrected chi connectivity index (χ1v) is 12.3. The van der Waals surface area contributed by atoms with E-state index in [4.69, 9.17) is 9.16 Å². The maximum atomic E-state index is 12.2. The third-order valence-corrected chi connectivity index (χ3v) is 9.05. The number of rotatable bonds is 8. The molecule has 0 fully saturated rings. The van der Waals surface area contributed by atoms with E-state index in [1.165, 1.54) is 0 Å². The van der Waals surface area contributed by atoms with E-state index in [1.807, 2.05) is 27.7 Å². The van der Waals surface area contributed by atoms with Crippen LogP contribution < -0.4 is 10.6 Å². The van der Waals surface area contributed by atoms with E-state index in [9.17, 15) is 4.79 Å². The Morgan fingerprint density at radius 1 is 1.00 bits per heavy atom. The van der Waals surface area contributed by atoms with Gasteiger partial charge in [-0.2, -0.15) is 0 Å². The van der Waals surface area contributed by atoms with Crippen LogP contribution in [-0.4, -0.2) is 45.2 Å². The zero-order valence-electron chi connectivity index (χ0n) is 18.4. The largest absolute Gasteiger partial charge is 0.444 e. The van der Waals surface area contributed by atoms with Crippen molar-refractivity contribution in [2.24, 2.45) is 5.92 Å². The first-order valence-electron chi connectivity index (χ1n) is 9.43. The van der Waals surface area contributed by atoms with Gasteiger partial charge in [-0.3, -0.25) is 0 Å². The third-order valence-electron chi connectivity index (χ3n) is 4.47. The lowest BCUT2D eigenvalue weighted by Crippen LogP contribution is -2.54. The zero-order valence-corrected chi connectivity index (χ0v) is 19.4. The number of nitrogens with one attached hydrogen (secondary N) is 2. The Morgan fingerprint density at radius 2 is 1.52 bits per heavy atom. The molecule has 1 amide bonds. The molecule has 0 unspecified atom stereocenters. The average molecular weight is 375 g/mol. The summed E-state index contributed by atoms with van der Waals surface area (Å²) in [6, 6.07) is -0.136. The summed E-state index contributed by atoms with van der Waals surface area (Å²) < 4.78 is 11.9. The van der Waals surface area contributed by atoms with E-state index in [0.29, 0.717) is 12.5 Å². The van der Waals surface area contributed by atoms with Crippen molar-refractivity contribution >= 4 is 14.4 Å². The molecule has 0 aromatic heterocycles. The van der Waals surface area contributed by atoms with E-state index < -0.39 is 20.0 Å².